The zero-order chi connectivity index (χ0) is 30.1. The minimum Gasteiger partial charge on any atom is -0.383 e. The van der Waals surface area contributed by atoms with Crippen molar-refractivity contribution in [3.05, 3.63) is 77.6 Å². The molecular weight excluding hydrogens is 559 g/mol. The molecule has 4 N–H and O–H groups in total. The number of rotatable bonds is 3. The van der Waals surface area contributed by atoms with E-state index in [1.165, 1.54) is 0 Å². The van der Waals surface area contributed by atoms with E-state index in [1.807, 2.05) is 16.8 Å². The number of hydrogen-bond donors (Lipinski definition) is 3. The molecule has 2 bridgehead atoms. The van der Waals surface area contributed by atoms with Crippen molar-refractivity contribution < 1.29 is 22.8 Å². The van der Waals surface area contributed by atoms with Gasteiger partial charge in [-0.3, -0.25) is 14.3 Å². The number of alkyl halides is 3. The highest BCUT2D eigenvalue weighted by atomic mass is 19.4. The van der Waals surface area contributed by atoms with Crippen LogP contribution in [0.1, 0.15) is 66.1 Å². The second kappa shape index (κ2) is 11.5. The Morgan fingerprint density at radius 1 is 1.09 bits per heavy atom. The van der Waals surface area contributed by atoms with Crippen molar-refractivity contribution in [3.63, 3.8) is 0 Å². The summed E-state index contributed by atoms with van der Waals surface area (Å²) in [5.74, 6) is -0.403. The summed E-state index contributed by atoms with van der Waals surface area (Å²) in [5.41, 5.74) is 9.01. The first-order valence-electron chi connectivity index (χ1n) is 14.2. The van der Waals surface area contributed by atoms with Gasteiger partial charge in [0.05, 0.1) is 22.5 Å². The molecule has 1 aromatic carbocycles. The van der Waals surface area contributed by atoms with Crippen LogP contribution in [0.15, 0.2) is 60.9 Å². The van der Waals surface area contributed by atoms with Crippen molar-refractivity contribution in [1.29, 1.82) is 0 Å². The van der Waals surface area contributed by atoms with Gasteiger partial charge in [0.25, 0.3) is 5.91 Å². The molecule has 1 aliphatic heterocycles. The van der Waals surface area contributed by atoms with Crippen LogP contribution in [-0.2, 0) is 17.4 Å². The van der Waals surface area contributed by atoms with Crippen LogP contribution in [0.2, 0.25) is 0 Å². The van der Waals surface area contributed by atoms with Crippen LogP contribution in [0.25, 0.3) is 22.2 Å². The highest BCUT2D eigenvalue weighted by Crippen LogP contribution is 2.39. The highest BCUT2D eigenvalue weighted by Gasteiger charge is 2.31. The number of aromatic nitrogens is 4. The maximum atomic E-state index is 13.1. The number of amides is 2. The fourth-order valence-corrected chi connectivity index (χ4v) is 5.88. The Labute approximate surface area is 245 Å². The third kappa shape index (κ3) is 5.95. The monoisotopic (exact) mass is 589 g/mol. The van der Waals surface area contributed by atoms with Gasteiger partial charge in [-0.2, -0.15) is 18.3 Å². The summed E-state index contributed by atoms with van der Waals surface area (Å²) in [6, 6.07) is 8.36. The molecule has 0 spiro atoms. The van der Waals surface area contributed by atoms with E-state index < -0.39 is 17.6 Å². The summed E-state index contributed by atoms with van der Waals surface area (Å²) >= 11 is 0. The Morgan fingerprint density at radius 3 is 2.70 bits per heavy atom. The molecule has 4 heterocycles. The minimum absolute atomic E-state index is 0.0468. The molecule has 0 saturated heterocycles. The lowest BCUT2D eigenvalue weighted by molar-refractivity contribution is -0.137. The van der Waals surface area contributed by atoms with Crippen molar-refractivity contribution in [2.24, 2.45) is 0 Å². The standard InChI is InChI=1S/C31H30F3N7O2/c32-31(33,34)21-13-14-36-24(15-21)39-30(43)19-11-9-18(10-12-19)27-26-28-20(17-37-29(26)35)5-2-1-3-8-25(42)38-22-6-4-7-23(16-22)41(28)40-27/h1-2,9-15,17,22-23H,3-8,16H2,(H2,35,37)(H,38,42)(H,36,39,43)/b2-1+/t22-,23-/m1/s1. The summed E-state index contributed by atoms with van der Waals surface area (Å²) in [6.45, 7) is 0. The Kier molecular flexibility index (Phi) is 7.59. The van der Waals surface area contributed by atoms with Crippen molar-refractivity contribution >= 4 is 34.4 Å². The number of carbonyl (C=O) groups is 2. The summed E-state index contributed by atoms with van der Waals surface area (Å²) in [6.07, 6.45) is 7.50. The van der Waals surface area contributed by atoms with E-state index in [0.717, 1.165) is 60.5 Å². The van der Waals surface area contributed by atoms with Gasteiger partial charge in [0.2, 0.25) is 5.91 Å². The predicted molar refractivity (Wildman–Crippen MR) is 156 cm³/mol. The van der Waals surface area contributed by atoms with Gasteiger partial charge in [-0.1, -0.05) is 24.3 Å². The van der Waals surface area contributed by atoms with Crippen molar-refractivity contribution in [1.82, 2.24) is 25.1 Å². The SMILES string of the molecule is Nc1ncc2c3c1c(-c1ccc(C(=O)Nc4cc(C(F)(F)F)ccn4)cc1)nn3[C@@H]1CCC[C@H](C1)NC(=O)CC/C=C/C2. The number of nitrogens with two attached hydrogens (primary N) is 1. The van der Waals surface area contributed by atoms with Gasteiger partial charge in [-0.15, -0.1) is 0 Å². The molecule has 0 unspecified atom stereocenters. The van der Waals surface area contributed by atoms with E-state index in [9.17, 15) is 22.8 Å². The van der Waals surface area contributed by atoms with Crippen molar-refractivity contribution in [3.8, 4) is 11.3 Å². The average molecular weight is 590 g/mol. The van der Waals surface area contributed by atoms with E-state index in [1.54, 1.807) is 30.5 Å². The Hall–Kier alpha value is -4.74. The van der Waals surface area contributed by atoms with E-state index >= 15 is 0 Å². The summed E-state index contributed by atoms with van der Waals surface area (Å²) in [4.78, 5) is 33.6. The molecule has 3 aromatic heterocycles. The maximum absolute atomic E-state index is 13.1. The Balaban J connectivity index is 1.35. The normalized spacial score (nSPS) is 19.9. The lowest BCUT2D eigenvalue weighted by Gasteiger charge is -2.30. The van der Waals surface area contributed by atoms with E-state index in [4.69, 9.17) is 10.8 Å². The number of fused-ring (bicyclic) bond motifs is 3. The Bertz CT molecular complexity index is 1710. The van der Waals surface area contributed by atoms with Gasteiger partial charge >= 0.3 is 6.18 Å². The molecule has 1 aliphatic carbocycles. The minimum atomic E-state index is -4.55. The van der Waals surface area contributed by atoms with Crippen LogP contribution in [0.3, 0.4) is 0 Å². The predicted octanol–water partition coefficient (Wildman–Crippen LogP) is 5.84. The lowest BCUT2D eigenvalue weighted by atomic mass is 9.90. The first-order chi connectivity index (χ1) is 20.7. The summed E-state index contributed by atoms with van der Waals surface area (Å²) < 4.78 is 41.2. The molecular formula is C31H30F3N7O2. The van der Waals surface area contributed by atoms with Crippen LogP contribution < -0.4 is 16.4 Å². The van der Waals surface area contributed by atoms with Crippen LogP contribution >= 0.6 is 0 Å². The number of halogens is 3. The third-order valence-corrected chi connectivity index (χ3v) is 7.98. The molecule has 1 fully saturated rings. The molecule has 2 atom stereocenters. The molecule has 2 aliphatic rings. The molecule has 9 nitrogen and oxygen atoms in total. The molecule has 2 amide bonds. The molecule has 0 radical (unpaired) electrons. The second-order valence-electron chi connectivity index (χ2n) is 10.9. The fourth-order valence-electron chi connectivity index (χ4n) is 5.88. The number of pyridine rings is 2. The highest BCUT2D eigenvalue weighted by molar-refractivity contribution is 6.05. The first-order valence-corrected chi connectivity index (χ1v) is 14.2. The largest absolute Gasteiger partial charge is 0.416 e. The fraction of sp³-hybridized carbons (Fsp3) is 0.323. The number of carbonyl (C=O) groups excluding carboxylic acids is 2. The van der Waals surface area contributed by atoms with Gasteiger partial charge in [0.15, 0.2) is 0 Å². The van der Waals surface area contributed by atoms with E-state index in [0.29, 0.717) is 36.3 Å². The smallest absolute Gasteiger partial charge is 0.383 e. The number of benzene rings is 1. The van der Waals surface area contributed by atoms with E-state index in [-0.39, 0.29) is 29.4 Å². The number of allylic oxidation sites excluding steroid dienone is 2. The van der Waals surface area contributed by atoms with Crippen LogP contribution in [0.4, 0.5) is 24.8 Å². The molecule has 6 rings (SSSR count). The van der Waals surface area contributed by atoms with Crippen LogP contribution in [-0.4, -0.2) is 37.6 Å². The zero-order valence-corrected chi connectivity index (χ0v) is 23.2. The Morgan fingerprint density at radius 2 is 1.91 bits per heavy atom. The van der Waals surface area contributed by atoms with Gasteiger partial charge in [0.1, 0.15) is 17.3 Å². The van der Waals surface area contributed by atoms with Crippen LogP contribution in [0, 0.1) is 0 Å². The number of anilines is 2. The van der Waals surface area contributed by atoms with Crippen molar-refractivity contribution in [2.45, 2.75) is 63.2 Å². The lowest BCUT2D eigenvalue weighted by Crippen LogP contribution is -2.38. The molecule has 4 aromatic rings. The topological polar surface area (TPSA) is 128 Å². The third-order valence-electron chi connectivity index (χ3n) is 7.98. The van der Waals surface area contributed by atoms with Gasteiger partial charge in [-0.05, 0) is 62.8 Å². The van der Waals surface area contributed by atoms with Crippen LogP contribution in [0.5, 0.6) is 0 Å². The van der Waals surface area contributed by atoms with E-state index in [2.05, 4.69) is 20.6 Å². The number of nitrogen functional groups attached to an aromatic ring is 1. The van der Waals surface area contributed by atoms with Gasteiger partial charge in [-0.25, -0.2) is 9.97 Å². The maximum Gasteiger partial charge on any atom is 0.416 e. The van der Waals surface area contributed by atoms with Crippen molar-refractivity contribution in [2.75, 3.05) is 11.1 Å². The molecule has 12 heteroatoms. The number of nitrogens with one attached hydrogen (secondary N) is 2. The quantitative estimate of drug-likeness (QED) is 0.258. The summed E-state index contributed by atoms with van der Waals surface area (Å²) in [7, 11) is 0. The first kappa shape index (κ1) is 28.4. The summed E-state index contributed by atoms with van der Waals surface area (Å²) in [5, 5.41) is 11.4. The number of nitrogens with zero attached hydrogens (tertiary/aromatic N) is 4. The molecule has 222 valence electrons. The average Bonchev–Trinajstić information content (AvgIpc) is 3.40. The second-order valence-corrected chi connectivity index (χ2v) is 10.9. The molecule has 1 saturated carbocycles. The van der Waals surface area contributed by atoms with Gasteiger partial charge in [0, 0.05) is 41.5 Å². The zero-order valence-electron chi connectivity index (χ0n) is 23.2. The molecule has 43 heavy (non-hydrogen) atoms. The number of hydrogen-bond acceptors (Lipinski definition) is 6. The van der Waals surface area contributed by atoms with Gasteiger partial charge < -0.3 is 16.4 Å².